The topological polar surface area (TPSA) is 55.4 Å². The zero-order valence-electron chi connectivity index (χ0n) is 11.6. The van der Waals surface area contributed by atoms with E-state index in [0.717, 1.165) is 0 Å². The van der Waals surface area contributed by atoms with Gasteiger partial charge in [-0.25, -0.2) is 18.0 Å². The molecule has 2 aromatic rings. The first-order valence-electron chi connectivity index (χ1n) is 6.70. The Balaban J connectivity index is 1.74. The van der Waals surface area contributed by atoms with Crippen molar-refractivity contribution in [2.24, 2.45) is 0 Å². The number of nitrogens with one attached hydrogen (secondary N) is 1. The lowest BCUT2D eigenvalue weighted by Gasteiger charge is -2.11. The van der Waals surface area contributed by atoms with Gasteiger partial charge in [0.25, 0.3) is 0 Å². The Morgan fingerprint density at radius 3 is 2.57 bits per heavy atom. The fourth-order valence-corrected chi connectivity index (χ4v) is 2.36. The van der Waals surface area contributed by atoms with Gasteiger partial charge in [-0.3, -0.25) is 4.79 Å². The van der Waals surface area contributed by atoms with Crippen LogP contribution in [0.4, 0.5) is 18.9 Å². The van der Waals surface area contributed by atoms with Gasteiger partial charge in [-0.05, 0) is 6.07 Å². The first kappa shape index (κ1) is 15.1. The Hall–Kier alpha value is -2.83. The highest BCUT2D eigenvalue weighted by atomic mass is 19.2. The molecule has 1 aliphatic rings. The fourth-order valence-electron chi connectivity index (χ4n) is 2.36. The molecule has 1 unspecified atom stereocenters. The van der Waals surface area contributed by atoms with Crippen molar-refractivity contribution in [3.05, 3.63) is 65.0 Å². The van der Waals surface area contributed by atoms with E-state index in [1.807, 2.05) is 0 Å². The Morgan fingerprint density at radius 2 is 1.78 bits per heavy atom. The van der Waals surface area contributed by atoms with E-state index in [1.54, 1.807) is 24.3 Å². The van der Waals surface area contributed by atoms with Gasteiger partial charge >= 0.3 is 5.97 Å². The average molecular weight is 321 g/mol. The van der Waals surface area contributed by atoms with Gasteiger partial charge < -0.3 is 10.1 Å². The number of hydrogen-bond acceptors (Lipinski definition) is 3. The number of cyclic esters (lactones) is 1. The van der Waals surface area contributed by atoms with Crippen LogP contribution < -0.4 is 5.32 Å². The number of ether oxygens (including phenoxy) is 1. The van der Waals surface area contributed by atoms with Crippen LogP contribution in [0, 0.1) is 17.5 Å². The van der Waals surface area contributed by atoms with Crippen LogP contribution in [0.2, 0.25) is 0 Å². The number of fused-ring (bicyclic) bond motifs is 1. The zero-order chi connectivity index (χ0) is 16.6. The van der Waals surface area contributed by atoms with Gasteiger partial charge in [0.1, 0.15) is 11.9 Å². The standard InChI is InChI=1S/C16H10F3NO3/c17-10-5-12(19)13(6-11(10)18)20-15(21)7-14-8-3-1-2-4-9(8)16(22)23-14/h1-6,14H,7H2,(H,20,21). The van der Waals surface area contributed by atoms with E-state index in [9.17, 15) is 22.8 Å². The summed E-state index contributed by atoms with van der Waals surface area (Å²) in [6.45, 7) is 0. The Bertz CT molecular complexity index is 807. The van der Waals surface area contributed by atoms with Gasteiger partial charge in [0.15, 0.2) is 11.6 Å². The molecule has 23 heavy (non-hydrogen) atoms. The van der Waals surface area contributed by atoms with Crippen LogP contribution in [0.5, 0.6) is 0 Å². The number of halogens is 3. The summed E-state index contributed by atoms with van der Waals surface area (Å²) in [4.78, 5) is 23.6. The largest absolute Gasteiger partial charge is 0.453 e. The molecule has 0 fully saturated rings. The van der Waals surface area contributed by atoms with Crippen molar-refractivity contribution >= 4 is 17.6 Å². The maximum absolute atomic E-state index is 13.5. The van der Waals surface area contributed by atoms with Crippen molar-refractivity contribution in [3.63, 3.8) is 0 Å². The number of benzene rings is 2. The summed E-state index contributed by atoms with van der Waals surface area (Å²) in [5.74, 6) is -4.96. The number of anilines is 1. The summed E-state index contributed by atoms with van der Waals surface area (Å²) < 4.78 is 44.5. The van der Waals surface area contributed by atoms with E-state index in [4.69, 9.17) is 4.74 Å². The predicted octanol–water partition coefficient (Wildman–Crippen LogP) is 3.34. The number of esters is 1. The SMILES string of the molecule is O=C(CC1OC(=O)c2ccccc21)Nc1cc(F)c(F)cc1F. The first-order valence-corrected chi connectivity index (χ1v) is 6.70. The third-order valence-electron chi connectivity index (χ3n) is 3.43. The summed E-state index contributed by atoms with van der Waals surface area (Å²) in [7, 11) is 0. The molecule has 0 aromatic heterocycles. The lowest BCUT2D eigenvalue weighted by molar-refractivity contribution is -0.118. The second-order valence-electron chi connectivity index (χ2n) is 4.98. The van der Waals surface area contributed by atoms with Gasteiger partial charge in [-0.15, -0.1) is 0 Å². The number of amides is 1. The van der Waals surface area contributed by atoms with Crippen molar-refractivity contribution in [2.45, 2.75) is 12.5 Å². The van der Waals surface area contributed by atoms with Crippen LogP contribution in [0.3, 0.4) is 0 Å². The van der Waals surface area contributed by atoms with Gasteiger partial charge in [-0.1, -0.05) is 18.2 Å². The molecular weight excluding hydrogens is 311 g/mol. The summed E-state index contributed by atoms with van der Waals surface area (Å²) in [6.07, 6.45) is -1.06. The highest BCUT2D eigenvalue weighted by Gasteiger charge is 2.32. The lowest BCUT2D eigenvalue weighted by Crippen LogP contribution is -2.17. The number of hydrogen-bond donors (Lipinski definition) is 1. The van der Waals surface area contributed by atoms with Crippen molar-refractivity contribution < 1.29 is 27.5 Å². The van der Waals surface area contributed by atoms with E-state index in [0.29, 0.717) is 23.3 Å². The molecule has 118 valence electrons. The quantitative estimate of drug-likeness (QED) is 0.697. The van der Waals surface area contributed by atoms with Crippen molar-refractivity contribution in [1.29, 1.82) is 0 Å². The number of carbonyl (C=O) groups excluding carboxylic acids is 2. The third kappa shape index (κ3) is 2.90. The smallest absolute Gasteiger partial charge is 0.339 e. The maximum atomic E-state index is 13.5. The summed E-state index contributed by atoms with van der Waals surface area (Å²) >= 11 is 0. The maximum Gasteiger partial charge on any atom is 0.339 e. The first-order chi connectivity index (χ1) is 11.0. The van der Waals surface area contributed by atoms with Crippen molar-refractivity contribution in [3.8, 4) is 0 Å². The minimum absolute atomic E-state index is 0.263. The Morgan fingerprint density at radius 1 is 1.09 bits per heavy atom. The molecule has 0 spiro atoms. The van der Waals surface area contributed by atoms with Crippen LogP contribution in [0.25, 0.3) is 0 Å². The highest BCUT2D eigenvalue weighted by molar-refractivity contribution is 5.96. The zero-order valence-corrected chi connectivity index (χ0v) is 11.6. The van der Waals surface area contributed by atoms with Crippen LogP contribution >= 0.6 is 0 Å². The van der Waals surface area contributed by atoms with Crippen molar-refractivity contribution in [2.75, 3.05) is 5.32 Å². The third-order valence-corrected chi connectivity index (χ3v) is 3.43. The van der Waals surface area contributed by atoms with E-state index in [1.165, 1.54) is 0 Å². The van der Waals surface area contributed by atoms with Gasteiger partial charge in [0, 0.05) is 17.7 Å². The molecular formula is C16H10F3NO3. The Labute approximate surface area is 128 Å². The van der Waals surface area contributed by atoms with Gasteiger partial charge in [-0.2, -0.15) is 0 Å². The Kier molecular flexibility index (Phi) is 3.77. The fraction of sp³-hybridized carbons (Fsp3) is 0.125. The van der Waals surface area contributed by atoms with Crippen LogP contribution in [-0.4, -0.2) is 11.9 Å². The minimum atomic E-state index is -1.35. The highest BCUT2D eigenvalue weighted by Crippen LogP contribution is 2.33. The van der Waals surface area contributed by atoms with Crippen LogP contribution in [-0.2, 0) is 9.53 Å². The van der Waals surface area contributed by atoms with E-state index >= 15 is 0 Å². The van der Waals surface area contributed by atoms with Crippen LogP contribution in [0.15, 0.2) is 36.4 Å². The van der Waals surface area contributed by atoms with Crippen molar-refractivity contribution in [1.82, 2.24) is 0 Å². The summed E-state index contributed by atoms with van der Waals surface area (Å²) in [6, 6.07) is 7.48. The van der Waals surface area contributed by atoms with Crippen LogP contribution in [0.1, 0.15) is 28.4 Å². The van der Waals surface area contributed by atoms with Gasteiger partial charge in [0.05, 0.1) is 17.7 Å². The molecule has 3 rings (SSSR count). The molecule has 1 heterocycles. The summed E-state index contributed by atoms with van der Waals surface area (Å²) in [5.41, 5.74) is 0.439. The summed E-state index contributed by atoms with van der Waals surface area (Å²) in [5, 5.41) is 2.14. The molecule has 0 bridgehead atoms. The molecule has 0 saturated heterocycles. The molecule has 1 atom stereocenters. The monoisotopic (exact) mass is 321 g/mol. The van der Waals surface area contributed by atoms with Gasteiger partial charge in [0.2, 0.25) is 5.91 Å². The lowest BCUT2D eigenvalue weighted by atomic mass is 10.0. The molecule has 1 aliphatic heterocycles. The molecule has 4 nitrogen and oxygen atoms in total. The van der Waals surface area contributed by atoms with E-state index < -0.39 is 41.1 Å². The minimum Gasteiger partial charge on any atom is -0.453 e. The number of rotatable bonds is 3. The predicted molar refractivity (Wildman–Crippen MR) is 74.2 cm³/mol. The molecule has 2 aromatic carbocycles. The second-order valence-corrected chi connectivity index (χ2v) is 4.98. The molecule has 0 radical (unpaired) electrons. The van der Waals surface area contributed by atoms with E-state index in [-0.39, 0.29) is 6.42 Å². The molecule has 0 saturated carbocycles. The normalized spacial score (nSPS) is 16.0. The molecule has 0 aliphatic carbocycles. The molecule has 1 N–H and O–H groups in total. The molecule has 7 heteroatoms. The van der Waals surface area contributed by atoms with E-state index in [2.05, 4.69) is 5.32 Å². The molecule has 1 amide bonds. The second kappa shape index (κ2) is 5.75. The number of carbonyl (C=O) groups is 2. The average Bonchev–Trinajstić information content (AvgIpc) is 2.82.